The van der Waals surface area contributed by atoms with Gasteiger partial charge in [0.15, 0.2) is 6.04 Å². The minimum atomic E-state index is -1.13. The molecular formula is C27H32N2O6. The fourth-order valence-electron chi connectivity index (χ4n) is 5.21. The highest BCUT2D eigenvalue weighted by molar-refractivity contribution is 5.84. The van der Waals surface area contributed by atoms with Crippen LogP contribution >= 0.6 is 0 Å². The van der Waals surface area contributed by atoms with Crippen LogP contribution in [0, 0.1) is 5.92 Å². The van der Waals surface area contributed by atoms with Gasteiger partial charge in [-0.3, -0.25) is 4.79 Å². The number of carbonyl (C=O) groups is 3. The van der Waals surface area contributed by atoms with Crippen molar-refractivity contribution in [3.8, 4) is 11.1 Å². The maximum absolute atomic E-state index is 12.5. The molecule has 8 nitrogen and oxygen atoms in total. The van der Waals surface area contributed by atoms with Gasteiger partial charge in [-0.15, -0.1) is 0 Å². The van der Waals surface area contributed by atoms with E-state index >= 15 is 0 Å². The van der Waals surface area contributed by atoms with Crippen LogP contribution in [0.3, 0.4) is 0 Å². The van der Waals surface area contributed by atoms with Crippen LogP contribution in [-0.2, 0) is 19.1 Å². The Bertz CT molecular complexity index is 1040. The van der Waals surface area contributed by atoms with E-state index in [1.165, 1.54) is 18.2 Å². The van der Waals surface area contributed by atoms with Gasteiger partial charge in [-0.05, 0) is 54.4 Å². The summed E-state index contributed by atoms with van der Waals surface area (Å²) in [7, 11) is 1.41. The number of rotatable bonds is 9. The van der Waals surface area contributed by atoms with Crippen molar-refractivity contribution in [3.63, 3.8) is 0 Å². The van der Waals surface area contributed by atoms with Crippen molar-refractivity contribution in [2.24, 2.45) is 5.92 Å². The number of methoxy groups -OCH3 is 1. The molecule has 0 aliphatic heterocycles. The number of amides is 2. The van der Waals surface area contributed by atoms with Gasteiger partial charge in [0.2, 0.25) is 5.91 Å². The summed E-state index contributed by atoms with van der Waals surface area (Å²) in [5.74, 6) is -1.38. The van der Waals surface area contributed by atoms with Crippen LogP contribution < -0.4 is 10.6 Å². The monoisotopic (exact) mass is 480 g/mol. The molecule has 0 spiro atoms. The van der Waals surface area contributed by atoms with E-state index in [0.29, 0.717) is 6.42 Å². The first-order valence-corrected chi connectivity index (χ1v) is 12.0. The van der Waals surface area contributed by atoms with Gasteiger partial charge in [-0.25, -0.2) is 9.59 Å². The number of ether oxygens (including phenoxy) is 2. The van der Waals surface area contributed by atoms with Crippen molar-refractivity contribution in [2.45, 2.75) is 56.7 Å². The summed E-state index contributed by atoms with van der Waals surface area (Å²) in [4.78, 5) is 36.3. The second-order valence-electron chi connectivity index (χ2n) is 9.37. The van der Waals surface area contributed by atoms with E-state index in [1.54, 1.807) is 6.92 Å². The van der Waals surface area contributed by atoms with Gasteiger partial charge in [-0.1, -0.05) is 48.5 Å². The molecule has 1 fully saturated rings. The van der Waals surface area contributed by atoms with Gasteiger partial charge >= 0.3 is 12.1 Å². The largest absolute Gasteiger partial charge is 0.480 e. The fourth-order valence-corrected chi connectivity index (χ4v) is 5.21. The molecule has 0 radical (unpaired) electrons. The Morgan fingerprint density at radius 2 is 1.66 bits per heavy atom. The highest BCUT2D eigenvalue weighted by Crippen LogP contribution is 2.44. The highest BCUT2D eigenvalue weighted by atomic mass is 16.5. The molecule has 0 aromatic heterocycles. The molecule has 2 aromatic rings. The number of hydrogen-bond donors (Lipinski definition) is 3. The van der Waals surface area contributed by atoms with Gasteiger partial charge in [0, 0.05) is 25.5 Å². The summed E-state index contributed by atoms with van der Waals surface area (Å²) < 4.78 is 10.7. The van der Waals surface area contributed by atoms with Crippen LogP contribution in [0.15, 0.2) is 48.5 Å². The summed E-state index contributed by atoms with van der Waals surface area (Å²) in [6.45, 7) is 1.86. The molecule has 4 atom stereocenters. The topological polar surface area (TPSA) is 114 Å². The second kappa shape index (κ2) is 10.9. The summed E-state index contributed by atoms with van der Waals surface area (Å²) in [5.41, 5.74) is 4.69. The summed E-state index contributed by atoms with van der Waals surface area (Å²) in [5, 5.41) is 14.8. The molecule has 2 amide bonds. The lowest BCUT2D eigenvalue weighted by atomic mass is 9.98. The number of carbonyl (C=O) groups excluding carboxylic acids is 2. The molecule has 186 valence electrons. The average molecular weight is 481 g/mol. The van der Waals surface area contributed by atoms with Gasteiger partial charge in [-0.2, -0.15) is 0 Å². The molecule has 2 aromatic carbocycles. The standard InChI is InChI=1S/C27H32N2O6/c1-16(34-2)25(26(31)32)29-24(30)14-17-11-12-18(13-17)28-27(33)35-15-23-21-9-5-3-7-19(21)20-8-4-6-10-22(20)23/h3-10,16-18,23,25H,11-15H2,1-2H3,(H,28,33)(H,29,30)(H,31,32)/t16-,17?,18?,25+/m1/s1. The van der Waals surface area contributed by atoms with Crippen LogP contribution in [0.4, 0.5) is 4.79 Å². The van der Waals surface area contributed by atoms with E-state index in [4.69, 9.17) is 9.47 Å². The lowest BCUT2D eigenvalue weighted by Crippen LogP contribution is -2.48. The maximum Gasteiger partial charge on any atom is 0.407 e. The normalized spacial score (nSPS) is 20.4. The minimum absolute atomic E-state index is 0.00449. The van der Waals surface area contributed by atoms with Crippen LogP contribution in [0.1, 0.15) is 49.7 Å². The Morgan fingerprint density at radius 1 is 1.03 bits per heavy atom. The molecule has 1 saturated carbocycles. The summed E-state index contributed by atoms with van der Waals surface area (Å²) in [6.07, 6.45) is 1.29. The van der Waals surface area contributed by atoms with Gasteiger partial charge in [0.05, 0.1) is 6.10 Å². The Kier molecular flexibility index (Phi) is 7.70. The third kappa shape index (κ3) is 5.65. The van der Waals surface area contributed by atoms with E-state index in [0.717, 1.165) is 24.0 Å². The lowest BCUT2D eigenvalue weighted by Gasteiger charge is -2.21. The molecule has 35 heavy (non-hydrogen) atoms. The number of hydrogen-bond acceptors (Lipinski definition) is 5. The van der Waals surface area contributed by atoms with E-state index in [2.05, 4.69) is 34.9 Å². The third-order valence-corrected chi connectivity index (χ3v) is 7.10. The molecular weight excluding hydrogens is 448 g/mol. The molecule has 0 bridgehead atoms. The van der Waals surface area contributed by atoms with Gasteiger partial charge < -0.3 is 25.2 Å². The van der Waals surface area contributed by atoms with Gasteiger partial charge in [0.25, 0.3) is 0 Å². The van der Waals surface area contributed by atoms with Crippen molar-refractivity contribution < 1.29 is 29.0 Å². The quantitative estimate of drug-likeness (QED) is 0.504. The molecule has 2 unspecified atom stereocenters. The summed E-state index contributed by atoms with van der Waals surface area (Å²) >= 11 is 0. The first-order chi connectivity index (χ1) is 16.9. The molecule has 0 heterocycles. The Labute approximate surface area is 205 Å². The van der Waals surface area contributed by atoms with Crippen molar-refractivity contribution in [1.29, 1.82) is 0 Å². The van der Waals surface area contributed by atoms with Crippen LogP contribution in [0.5, 0.6) is 0 Å². The Morgan fingerprint density at radius 3 is 2.26 bits per heavy atom. The summed E-state index contributed by atoms with van der Waals surface area (Å²) in [6, 6.07) is 15.2. The number of carboxylic acid groups (broad SMARTS) is 1. The third-order valence-electron chi connectivity index (χ3n) is 7.10. The molecule has 0 saturated heterocycles. The Hall–Kier alpha value is -3.39. The predicted molar refractivity (Wildman–Crippen MR) is 130 cm³/mol. The molecule has 2 aliphatic rings. The number of nitrogens with one attached hydrogen (secondary N) is 2. The molecule has 3 N–H and O–H groups in total. The van der Waals surface area contributed by atoms with Crippen LogP contribution in [0.25, 0.3) is 11.1 Å². The van der Waals surface area contributed by atoms with Crippen LogP contribution in [0.2, 0.25) is 0 Å². The first kappa shape index (κ1) is 24.7. The van der Waals surface area contributed by atoms with E-state index in [9.17, 15) is 19.5 Å². The maximum atomic E-state index is 12.5. The SMILES string of the molecule is CO[C@H](C)[C@H](NC(=O)CC1CCC(NC(=O)OCC2c3ccccc3-c3ccccc32)C1)C(=O)O. The zero-order valence-electron chi connectivity index (χ0n) is 20.0. The highest BCUT2D eigenvalue weighted by Gasteiger charge is 2.32. The van der Waals surface area contributed by atoms with Crippen molar-refractivity contribution in [3.05, 3.63) is 59.7 Å². The number of aliphatic carboxylic acids is 1. The minimum Gasteiger partial charge on any atom is -0.480 e. The van der Waals surface area contributed by atoms with Crippen molar-refractivity contribution in [2.75, 3.05) is 13.7 Å². The van der Waals surface area contributed by atoms with E-state index in [1.807, 2.05) is 24.3 Å². The fraction of sp³-hybridized carbons (Fsp3) is 0.444. The zero-order chi connectivity index (χ0) is 24.9. The molecule has 8 heteroatoms. The van der Waals surface area contributed by atoms with E-state index in [-0.39, 0.29) is 36.8 Å². The second-order valence-corrected chi connectivity index (χ2v) is 9.37. The number of alkyl carbamates (subject to hydrolysis) is 1. The molecule has 4 rings (SSSR count). The van der Waals surface area contributed by atoms with Crippen molar-refractivity contribution in [1.82, 2.24) is 10.6 Å². The Balaban J connectivity index is 1.25. The molecule has 2 aliphatic carbocycles. The predicted octanol–water partition coefficient (Wildman–Crippen LogP) is 3.69. The van der Waals surface area contributed by atoms with Crippen molar-refractivity contribution >= 4 is 18.0 Å². The first-order valence-electron chi connectivity index (χ1n) is 12.0. The number of carboxylic acids is 1. The average Bonchev–Trinajstić information content (AvgIpc) is 3.42. The van der Waals surface area contributed by atoms with Crippen LogP contribution in [-0.4, -0.2) is 55.0 Å². The number of fused-ring (bicyclic) bond motifs is 3. The van der Waals surface area contributed by atoms with Gasteiger partial charge in [0.1, 0.15) is 6.61 Å². The lowest BCUT2D eigenvalue weighted by molar-refractivity contribution is -0.145. The smallest absolute Gasteiger partial charge is 0.407 e. The van der Waals surface area contributed by atoms with E-state index < -0.39 is 24.2 Å². The number of benzene rings is 2. The zero-order valence-corrected chi connectivity index (χ0v) is 20.0.